The molecule has 4 nitrogen and oxygen atoms in total. The number of halogens is 3. The lowest BCUT2D eigenvalue weighted by Crippen LogP contribution is -2.05. The molecular weight excluding hydrogens is 345 g/mol. The monoisotopic (exact) mass is 360 g/mol. The van der Waals surface area contributed by atoms with Gasteiger partial charge >= 0.3 is 12.1 Å². The van der Waals surface area contributed by atoms with E-state index in [-0.39, 0.29) is 18.0 Å². The number of aryl methyl sites for hydroxylation is 1. The Hall–Kier alpha value is -2.96. The summed E-state index contributed by atoms with van der Waals surface area (Å²) >= 11 is 0. The van der Waals surface area contributed by atoms with Crippen molar-refractivity contribution in [2.24, 2.45) is 0 Å². The molecule has 0 N–H and O–H groups in total. The minimum atomic E-state index is -4.67. The number of hydrogen-bond donors (Lipinski definition) is 0. The SMILES string of the molecule is O=C(CCc1ccccc1)Cc1ccc(-c2noc(C(F)(F)F)n2)cc1. The summed E-state index contributed by atoms with van der Waals surface area (Å²) in [4.78, 5) is 15.4. The number of nitrogens with zero attached hydrogens (tertiary/aromatic N) is 2. The summed E-state index contributed by atoms with van der Waals surface area (Å²) in [6.07, 6.45) is -3.28. The molecule has 0 saturated heterocycles. The highest BCUT2D eigenvalue weighted by Gasteiger charge is 2.38. The standard InChI is InChI=1S/C19H15F3N2O2/c20-19(21,22)18-23-17(24-26-18)15-9-6-14(7-10-15)12-16(25)11-8-13-4-2-1-3-5-13/h1-7,9-10H,8,11-12H2. The summed E-state index contributed by atoms with van der Waals surface area (Å²) in [6.45, 7) is 0. The van der Waals surface area contributed by atoms with Crippen LogP contribution in [0.25, 0.3) is 11.4 Å². The van der Waals surface area contributed by atoms with E-state index in [9.17, 15) is 18.0 Å². The van der Waals surface area contributed by atoms with Gasteiger partial charge in [0.15, 0.2) is 0 Å². The molecule has 1 aromatic heterocycles. The van der Waals surface area contributed by atoms with Gasteiger partial charge in [0, 0.05) is 18.4 Å². The number of hydrogen-bond acceptors (Lipinski definition) is 4. The first-order valence-electron chi connectivity index (χ1n) is 7.97. The van der Waals surface area contributed by atoms with E-state index in [0.717, 1.165) is 11.1 Å². The van der Waals surface area contributed by atoms with Gasteiger partial charge in [0.05, 0.1) is 0 Å². The number of benzene rings is 2. The third-order valence-corrected chi connectivity index (χ3v) is 3.82. The fraction of sp³-hybridized carbons (Fsp3) is 0.211. The van der Waals surface area contributed by atoms with Crippen LogP contribution >= 0.6 is 0 Å². The summed E-state index contributed by atoms with van der Waals surface area (Å²) in [7, 11) is 0. The molecule has 0 saturated carbocycles. The Kier molecular flexibility index (Phi) is 5.16. The zero-order valence-corrected chi connectivity index (χ0v) is 13.7. The van der Waals surface area contributed by atoms with Crippen LogP contribution in [-0.2, 0) is 23.8 Å². The Morgan fingerprint density at radius 1 is 0.962 bits per heavy atom. The molecule has 0 radical (unpaired) electrons. The van der Waals surface area contributed by atoms with Crippen molar-refractivity contribution in [1.82, 2.24) is 10.1 Å². The number of carbonyl (C=O) groups excluding carboxylic acids is 1. The average molecular weight is 360 g/mol. The zero-order chi connectivity index (χ0) is 18.6. The molecule has 0 aliphatic rings. The van der Waals surface area contributed by atoms with Crippen molar-refractivity contribution in [1.29, 1.82) is 0 Å². The van der Waals surface area contributed by atoms with E-state index in [0.29, 0.717) is 18.4 Å². The predicted octanol–water partition coefficient (Wildman–Crippen LogP) is 4.50. The van der Waals surface area contributed by atoms with Crippen molar-refractivity contribution in [2.75, 3.05) is 0 Å². The normalized spacial score (nSPS) is 11.5. The minimum absolute atomic E-state index is 0.0977. The Morgan fingerprint density at radius 2 is 1.65 bits per heavy atom. The van der Waals surface area contributed by atoms with E-state index in [1.807, 2.05) is 30.3 Å². The van der Waals surface area contributed by atoms with E-state index < -0.39 is 12.1 Å². The van der Waals surface area contributed by atoms with Gasteiger partial charge in [-0.25, -0.2) is 0 Å². The third-order valence-electron chi connectivity index (χ3n) is 3.82. The van der Waals surface area contributed by atoms with Crippen molar-refractivity contribution >= 4 is 5.78 Å². The second-order valence-corrected chi connectivity index (χ2v) is 5.82. The number of carbonyl (C=O) groups is 1. The van der Waals surface area contributed by atoms with Gasteiger partial charge in [-0.05, 0) is 17.5 Å². The van der Waals surface area contributed by atoms with Crippen LogP contribution in [0.4, 0.5) is 13.2 Å². The fourth-order valence-corrected chi connectivity index (χ4v) is 2.47. The summed E-state index contributed by atoms with van der Waals surface area (Å²) in [5.74, 6) is -1.42. The molecule has 0 aliphatic carbocycles. The van der Waals surface area contributed by atoms with Gasteiger partial charge in [0.2, 0.25) is 5.82 Å². The van der Waals surface area contributed by atoms with Crippen molar-refractivity contribution in [2.45, 2.75) is 25.4 Å². The highest BCUT2D eigenvalue weighted by atomic mass is 19.4. The Bertz CT molecular complexity index is 872. The molecule has 7 heteroatoms. The minimum Gasteiger partial charge on any atom is -0.329 e. The first-order chi connectivity index (χ1) is 12.4. The fourth-order valence-electron chi connectivity index (χ4n) is 2.47. The van der Waals surface area contributed by atoms with Gasteiger partial charge in [0.25, 0.3) is 0 Å². The van der Waals surface area contributed by atoms with Gasteiger partial charge in [-0.1, -0.05) is 59.8 Å². The maximum absolute atomic E-state index is 12.5. The number of aromatic nitrogens is 2. The van der Waals surface area contributed by atoms with Crippen molar-refractivity contribution in [3.05, 3.63) is 71.6 Å². The molecule has 0 spiro atoms. The van der Waals surface area contributed by atoms with E-state index >= 15 is 0 Å². The maximum atomic E-state index is 12.5. The van der Waals surface area contributed by atoms with E-state index in [1.165, 1.54) is 0 Å². The smallest absolute Gasteiger partial charge is 0.329 e. The zero-order valence-electron chi connectivity index (χ0n) is 13.7. The molecule has 134 valence electrons. The highest BCUT2D eigenvalue weighted by molar-refractivity contribution is 5.81. The molecule has 3 rings (SSSR count). The van der Waals surface area contributed by atoms with Crippen LogP contribution in [0.3, 0.4) is 0 Å². The number of alkyl halides is 3. The molecule has 0 fully saturated rings. The largest absolute Gasteiger partial charge is 0.471 e. The van der Waals surface area contributed by atoms with Crippen LogP contribution in [0.15, 0.2) is 59.1 Å². The molecule has 2 aromatic carbocycles. The molecule has 0 atom stereocenters. The molecular formula is C19H15F3N2O2. The third kappa shape index (κ3) is 4.56. The highest BCUT2D eigenvalue weighted by Crippen LogP contribution is 2.29. The lowest BCUT2D eigenvalue weighted by Gasteiger charge is -2.03. The summed E-state index contributed by atoms with van der Waals surface area (Å²) < 4.78 is 41.7. The molecule has 0 amide bonds. The van der Waals surface area contributed by atoms with Crippen molar-refractivity contribution in [3.63, 3.8) is 0 Å². The molecule has 0 unspecified atom stereocenters. The Morgan fingerprint density at radius 3 is 2.27 bits per heavy atom. The lowest BCUT2D eigenvalue weighted by atomic mass is 10.0. The molecule has 0 bridgehead atoms. The number of rotatable bonds is 6. The van der Waals surface area contributed by atoms with Crippen LogP contribution in [0.5, 0.6) is 0 Å². The van der Waals surface area contributed by atoms with Gasteiger partial charge in [0.1, 0.15) is 5.78 Å². The first kappa shape index (κ1) is 17.8. The van der Waals surface area contributed by atoms with Crippen molar-refractivity contribution < 1.29 is 22.5 Å². The predicted molar refractivity (Wildman–Crippen MR) is 88.2 cm³/mol. The van der Waals surface area contributed by atoms with Crippen LogP contribution < -0.4 is 0 Å². The maximum Gasteiger partial charge on any atom is 0.471 e. The van der Waals surface area contributed by atoms with Gasteiger partial charge in [-0.15, -0.1) is 0 Å². The molecule has 3 aromatic rings. The van der Waals surface area contributed by atoms with Crippen LogP contribution in [0, 0.1) is 0 Å². The van der Waals surface area contributed by atoms with Crippen molar-refractivity contribution in [3.8, 4) is 11.4 Å². The summed E-state index contributed by atoms with van der Waals surface area (Å²) in [5, 5.41) is 3.33. The van der Waals surface area contributed by atoms with E-state index in [2.05, 4.69) is 14.7 Å². The lowest BCUT2D eigenvalue weighted by molar-refractivity contribution is -0.159. The van der Waals surface area contributed by atoms with Crippen LogP contribution in [-0.4, -0.2) is 15.9 Å². The van der Waals surface area contributed by atoms with E-state index in [4.69, 9.17) is 0 Å². The summed E-state index contributed by atoms with van der Waals surface area (Å²) in [5.41, 5.74) is 2.28. The average Bonchev–Trinajstić information content (AvgIpc) is 3.12. The first-order valence-corrected chi connectivity index (χ1v) is 7.97. The van der Waals surface area contributed by atoms with Crippen LogP contribution in [0.2, 0.25) is 0 Å². The molecule has 26 heavy (non-hydrogen) atoms. The second kappa shape index (κ2) is 7.51. The van der Waals surface area contributed by atoms with E-state index in [1.54, 1.807) is 24.3 Å². The van der Waals surface area contributed by atoms with Gasteiger partial charge < -0.3 is 4.52 Å². The Labute approximate surface area is 147 Å². The quantitative estimate of drug-likeness (QED) is 0.649. The number of ketones is 1. The summed E-state index contributed by atoms with van der Waals surface area (Å²) in [6, 6.07) is 16.2. The molecule has 0 aliphatic heterocycles. The van der Waals surface area contributed by atoms with Gasteiger partial charge in [-0.3, -0.25) is 4.79 Å². The Balaban J connectivity index is 1.59. The number of Topliss-reactive ketones (excluding diaryl/α,β-unsaturated/α-hetero) is 1. The topological polar surface area (TPSA) is 56.0 Å². The van der Waals surface area contributed by atoms with Gasteiger partial charge in [-0.2, -0.15) is 18.2 Å². The molecule has 1 heterocycles. The second-order valence-electron chi connectivity index (χ2n) is 5.82. The van der Waals surface area contributed by atoms with Crippen LogP contribution in [0.1, 0.15) is 23.4 Å².